The van der Waals surface area contributed by atoms with Crippen molar-refractivity contribution in [1.82, 2.24) is 5.32 Å². The second-order valence-electron chi connectivity index (χ2n) is 4.17. The van der Waals surface area contributed by atoms with E-state index >= 15 is 0 Å². The van der Waals surface area contributed by atoms with Gasteiger partial charge in [-0.2, -0.15) is 0 Å². The van der Waals surface area contributed by atoms with Crippen molar-refractivity contribution in [3.05, 3.63) is 0 Å². The number of nitrogens with one attached hydrogen (secondary N) is 1. The van der Waals surface area contributed by atoms with Crippen LogP contribution in [0.4, 0.5) is 0 Å². The fourth-order valence-corrected chi connectivity index (χ4v) is 3.91. The third-order valence-corrected chi connectivity index (χ3v) is 4.98. The summed E-state index contributed by atoms with van der Waals surface area (Å²) < 4.78 is 23.5. The minimum absolute atomic E-state index is 0. The summed E-state index contributed by atoms with van der Waals surface area (Å²) in [5.41, 5.74) is 0. The Balaban J connectivity index is 0.00000169. The molecular formula is C9H20ClNO2S. The number of sulfone groups is 1. The normalized spacial score (nSPS) is 19.4. The zero-order valence-electron chi connectivity index (χ0n) is 8.82. The second kappa shape index (κ2) is 5.93. The van der Waals surface area contributed by atoms with E-state index in [0.29, 0.717) is 5.75 Å². The molecule has 5 heteroatoms. The van der Waals surface area contributed by atoms with Crippen LogP contribution >= 0.6 is 12.4 Å². The fourth-order valence-electron chi connectivity index (χ4n) is 1.76. The van der Waals surface area contributed by atoms with Gasteiger partial charge in [-0.05, 0) is 31.8 Å². The monoisotopic (exact) mass is 241 g/mol. The summed E-state index contributed by atoms with van der Waals surface area (Å²) >= 11 is 0. The third kappa shape index (κ3) is 4.15. The van der Waals surface area contributed by atoms with Crippen LogP contribution in [0.3, 0.4) is 0 Å². The Hall–Kier alpha value is 0.200. The van der Waals surface area contributed by atoms with Gasteiger partial charge in [-0.1, -0.05) is 13.8 Å². The van der Waals surface area contributed by atoms with Gasteiger partial charge in [0.1, 0.15) is 0 Å². The molecule has 0 bridgehead atoms. The Bertz CT molecular complexity index is 246. The zero-order valence-corrected chi connectivity index (χ0v) is 10.5. The van der Waals surface area contributed by atoms with Gasteiger partial charge in [0, 0.05) is 0 Å². The molecule has 86 valence electrons. The summed E-state index contributed by atoms with van der Waals surface area (Å²) in [6.45, 7) is 5.61. The molecule has 0 aliphatic carbocycles. The number of halogens is 1. The number of rotatable bonds is 3. The van der Waals surface area contributed by atoms with Crippen molar-refractivity contribution in [2.24, 2.45) is 5.92 Å². The fraction of sp³-hybridized carbons (Fsp3) is 1.00. The quantitative estimate of drug-likeness (QED) is 0.809. The van der Waals surface area contributed by atoms with Crippen LogP contribution in [0.2, 0.25) is 0 Å². The molecule has 3 nitrogen and oxygen atoms in total. The molecule has 0 aromatic rings. The van der Waals surface area contributed by atoms with Crippen LogP contribution in [-0.4, -0.2) is 32.5 Å². The Labute approximate surface area is 93.0 Å². The van der Waals surface area contributed by atoms with Gasteiger partial charge in [0.15, 0.2) is 9.84 Å². The van der Waals surface area contributed by atoms with Crippen molar-refractivity contribution in [3.63, 3.8) is 0 Å². The van der Waals surface area contributed by atoms with Crippen molar-refractivity contribution in [2.75, 3.05) is 18.8 Å². The number of hydrogen-bond acceptors (Lipinski definition) is 3. The summed E-state index contributed by atoms with van der Waals surface area (Å²) in [5, 5.41) is 3.09. The van der Waals surface area contributed by atoms with E-state index in [4.69, 9.17) is 0 Å². The Morgan fingerprint density at radius 3 is 2.21 bits per heavy atom. The van der Waals surface area contributed by atoms with Crippen LogP contribution in [0.5, 0.6) is 0 Å². The zero-order chi connectivity index (χ0) is 9.90. The first-order valence-corrected chi connectivity index (χ1v) is 6.66. The van der Waals surface area contributed by atoms with E-state index in [-0.39, 0.29) is 23.6 Å². The van der Waals surface area contributed by atoms with Gasteiger partial charge < -0.3 is 5.32 Å². The lowest BCUT2D eigenvalue weighted by molar-refractivity contribution is 0.492. The number of hydrogen-bond donors (Lipinski definition) is 1. The highest BCUT2D eigenvalue weighted by Crippen LogP contribution is 2.16. The van der Waals surface area contributed by atoms with E-state index in [2.05, 4.69) is 5.32 Å². The first-order valence-electron chi connectivity index (χ1n) is 4.94. The molecular weight excluding hydrogens is 222 g/mol. The van der Waals surface area contributed by atoms with Crippen molar-refractivity contribution in [2.45, 2.75) is 31.9 Å². The van der Waals surface area contributed by atoms with Crippen LogP contribution in [0, 0.1) is 5.92 Å². The van der Waals surface area contributed by atoms with Crippen LogP contribution in [0.25, 0.3) is 0 Å². The highest BCUT2D eigenvalue weighted by Gasteiger charge is 2.27. The highest BCUT2D eigenvalue weighted by atomic mass is 35.5. The Morgan fingerprint density at radius 2 is 1.79 bits per heavy atom. The summed E-state index contributed by atoms with van der Waals surface area (Å²) in [6, 6.07) is 0. The summed E-state index contributed by atoms with van der Waals surface area (Å²) in [6.07, 6.45) is 1.57. The highest BCUT2D eigenvalue weighted by molar-refractivity contribution is 7.92. The average Bonchev–Trinajstić information content (AvgIpc) is 2.04. The van der Waals surface area contributed by atoms with Crippen LogP contribution in [0.15, 0.2) is 0 Å². The first-order chi connectivity index (χ1) is 6.02. The van der Waals surface area contributed by atoms with Crippen LogP contribution in [-0.2, 0) is 9.84 Å². The molecule has 0 aromatic carbocycles. The largest absolute Gasteiger partial charge is 0.317 e. The molecule has 1 rings (SSSR count). The first kappa shape index (κ1) is 14.2. The topological polar surface area (TPSA) is 46.2 Å². The van der Waals surface area contributed by atoms with Gasteiger partial charge in [0.05, 0.1) is 11.0 Å². The molecule has 0 unspecified atom stereocenters. The lowest BCUT2D eigenvalue weighted by atomic mass is 10.2. The SMILES string of the molecule is CC(C)CS(=O)(=O)C1CCNCC1.Cl. The molecule has 0 aromatic heterocycles. The third-order valence-electron chi connectivity index (χ3n) is 2.36. The van der Waals surface area contributed by atoms with Crippen LogP contribution < -0.4 is 5.32 Å². The van der Waals surface area contributed by atoms with Crippen molar-refractivity contribution in [3.8, 4) is 0 Å². The molecule has 0 radical (unpaired) electrons. The smallest absolute Gasteiger partial charge is 0.153 e. The molecule has 0 atom stereocenters. The maximum absolute atomic E-state index is 11.8. The lowest BCUT2D eigenvalue weighted by Gasteiger charge is -2.23. The molecule has 1 fully saturated rings. The van der Waals surface area contributed by atoms with Gasteiger partial charge in [0.25, 0.3) is 0 Å². The molecule has 1 aliphatic heterocycles. The van der Waals surface area contributed by atoms with Crippen molar-refractivity contribution in [1.29, 1.82) is 0 Å². The minimum Gasteiger partial charge on any atom is -0.317 e. The van der Waals surface area contributed by atoms with Gasteiger partial charge in [-0.25, -0.2) is 8.42 Å². The molecule has 1 heterocycles. The Morgan fingerprint density at radius 1 is 1.29 bits per heavy atom. The molecule has 1 aliphatic rings. The van der Waals surface area contributed by atoms with E-state index in [1.807, 2.05) is 13.8 Å². The number of piperidine rings is 1. The van der Waals surface area contributed by atoms with E-state index in [1.165, 1.54) is 0 Å². The van der Waals surface area contributed by atoms with E-state index in [1.54, 1.807) is 0 Å². The van der Waals surface area contributed by atoms with Gasteiger partial charge in [0.2, 0.25) is 0 Å². The van der Waals surface area contributed by atoms with E-state index in [0.717, 1.165) is 25.9 Å². The van der Waals surface area contributed by atoms with Gasteiger partial charge in [-0.3, -0.25) is 0 Å². The molecule has 0 spiro atoms. The second-order valence-corrected chi connectivity index (χ2v) is 6.50. The van der Waals surface area contributed by atoms with Gasteiger partial charge >= 0.3 is 0 Å². The minimum atomic E-state index is -2.82. The van der Waals surface area contributed by atoms with Gasteiger partial charge in [-0.15, -0.1) is 12.4 Å². The lowest BCUT2D eigenvalue weighted by Crippen LogP contribution is -2.37. The maximum atomic E-state index is 11.8. The summed E-state index contributed by atoms with van der Waals surface area (Å²) in [5.74, 6) is 0.595. The summed E-state index contributed by atoms with van der Waals surface area (Å²) in [7, 11) is -2.82. The average molecular weight is 242 g/mol. The molecule has 0 saturated carbocycles. The maximum Gasteiger partial charge on any atom is 0.153 e. The predicted molar refractivity (Wildman–Crippen MR) is 61.8 cm³/mol. The Kier molecular flexibility index (Phi) is 6.02. The molecule has 1 N–H and O–H groups in total. The standard InChI is InChI=1S/C9H19NO2S.ClH/c1-8(2)7-13(11,12)9-3-5-10-6-4-9;/h8-10H,3-7H2,1-2H3;1H. The predicted octanol–water partition coefficient (Wildman–Crippen LogP) is 1.23. The molecule has 1 saturated heterocycles. The van der Waals surface area contributed by atoms with Crippen molar-refractivity contribution >= 4 is 22.2 Å². The van der Waals surface area contributed by atoms with Crippen LogP contribution in [0.1, 0.15) is 26.7 Å². The van der Waals surface area contributed by atoms with E-state index < -0.39 is 9.84 Å². The van der Waals surface area contributed by atoms with Crippen molar-refractivity contribution < 1.29 is 8.42 Å². The van der Waals surface area contributed by atoms with E-state index in [9.17, 15) is 8.42 Å². The summed E-state index contributed by atoms with van der Waals surface area (Å²) in [4.78, 5) is 0. The molecule has 0 amide bonds. The molecule has 14 heavy (non-hydrogen) atoms.